The van der Waals surface area contributed by atoms with Crippen LogP contribution in [0.5, 0.6) is 0 Å². The van der Waals surface area contributed by atoms with E-state index in [2.05, 4.69) is 9.97 Å². The third-order valence-electron chi connectivity index (χ3n) is 3.28. The molecule has 0 amide bonds. The molecule has 1 N–H and O–H groups in total. The number of nitrogens with zero attached hydrogens (tertiary/aromatic N) is 2. The molecule has 2 aromatic heterocycles. The van der Waals surface area contributed by atoms with E-state index in [9.17, 15) is 8.78 Å². The number of benzene rings is 2. The van der Waals surface area contributed by atoms with Gasteiger partial charge in [0.1, 0.15) is 11.3 Å². The Balaban J connectivity index is 2.09. The molecule has 0 bridgehead atoms. The van der Waals surface area contributed by atoms with E-state index in [0.29, 0.717) is 10.3 Å². The molecule has 0 atom stereocenters. The van der Waals surface area contributed by atoms with E-state index in [0.717, 1.165) is 22.0 Å². The standard InChI is InChI=1S/C14H7F2N3S2/c15-7-3-9(16)13-11(4-7)19(14(20)18-13)8-1-2-10-12(5-8)21-6-17-10/h1-6H,(H,18,20). The minimum Gasteiger partial charge on any atom is -0.328 e. The lowest BCUT2D eigenvalue weighted by molar-refractivity contribution is 0.590. The molecule has 7 heteroatoms. The van der Waals surface area contributed by atoms with Crippen molar-refractivity contribution in [2.24, 2.45) is 0 Å². The van der Waals surface area contributed by atoms with Gasteiger partial charge in [-0.1, -0.05) is 0 Å². The first-order valence-electron chi connectivity index (χ1n) is 6.07. The van der Waals surface area contributed by atoms with E-state index >= 15 is 0 Å². The smallest absolute Gasteiger partial charge is 0.182 e. The first-order valence-corrected chi connectivity index (χ1v) is 7.36. The minimum absolute atomic E-state index is 0.200. The second-order valence-corrected chi connectivity index (χ2v) is 5.82. The molecular weight excluding hydrogens is 312 g/mol. The number of aromatic amines is 1. The number of halogens is 2. The summed E-state index contributed by atoms with van der Waals surface area (Å²) in [5.41, 5.74) is 3.95. The molecule has 0 spiro atoms. The maximum Gasteiger partial charge on any atom is 0.182 e. The molecule has 0 aliphatic rings. The van der Waals surface area contributed by atoms with Gasteiger partial charge in [-0.05, 0) is 30.4 Å². The van der Waals surface area contributed by atoms with Crippen molar-refractivity contribution in [3.8, 4) is 5.69 Å². The predicted octanol–water partition coefficient (Wildman–Crippen LogP) is 4.58. The summed E-state index contributed by atoms with van der Waals surface area (Å²) in [5.74, 6) is -1.30. The molecule has 104 valence electrons. The van der Waals surface area contributed by atoms with Gasteiger partial charge in [-0.25, -0.2) is 13.8 Å². The Hall–Kier alpha value is -2.12. The van der Waals surface area contributed by atoms with Gasteiger partial charge < -0.3 is 4.98 Å². The van der Waals surface area contributed by atoms with Crippen LogP contribution < -0.4 is 0 Å². The predicted molar refractivity (Wildman–Crippen MR) is 81.6 cm³/mol. The highest BCUT2D eigenvalue weighted by Gasteiger charge is 2.13. The summed E-state index contributed by atoms with van der Waals surface area (Å²) in [7, 11) is 0. The number of H-pyrrole nitrogens is 1. The molecule has 0 unspecified atom stereocenters. The molecule has 0 saturated carbocycles. The number of thiazole rings is 1. The highest BCUT2D eigenvalue weighted by Crippen LogP contribution is 2.26. The summed E-state index contributed by atoms with van der Waals surface area (Å²) in [5, 5.41) is 0. The van der Waals surface area contributed by atoms with Crippen LogP contribution in [0.3, 0.4) is 0 Å². The van der Waals surface area contributed by atoms with E-state index in [1.54, 1.807) is 10.1 Å². The lowest BCUT2D eigenvalue weighted by Crippen LogP contribution is -1.94. The van der Waals surface area contributed by atoms with Crippen LogP contribution >= 0.6 is 23.6 Å². The van der Waals surface area contributed by atoms with E-state index in [-0.39, 0.29) is 5.52 Å². The molecule has 4 rings (SSSR count). The third-order valence-corrected chi connectivity index (χ3v) is 4.36. The van der Waals surface area contributed by atoms with Crippen LogP contribution in [0.4, 0.5) is 8.78 Å². The molecule has 3 nitrogen and oxygen atoms in total. The zero-order valence-electron chi connectivity index (χ0n) is 10.4. The van der Waals surface area contributed by atoms with Crippen molar-refractivity contribution in [1.29, 1.82) is 0 Å². The highest BCUT2D eigenvalue weighted by atomic mass is 32.1. The maximum absolute atomic E-state index is 13.8. The fraction of sp³-hybridized carbons (Fsp3) is 0. The van der Waals surface area contributed by atoms with E-state index in [1.807, 2.05) is 18.2 Å². The average molecular weight is 319 g/mol. The second-order valence-electron chi connectivity index (χ2n) is 4.55. The van der Waals surface area contributed by atoms with Gasteiger partial charge in [0.05, 0.1) is 21.2 Å². The van der Waals surface area contributed by atoms with Crippen molar-refractivity contribution in [1.82, 2.24) is 14.5 Å². The van der Waals surface area contributed by atoms with Crippen molar-refractivity contribution in [3.63, 3.8) is 0 Å². The number of hydrogen-bond donors (Lipinski definition) is 1. The largest absolute Gasteiger partial charge is 0.328 e. The molecule has 0 fully saturated rings. The van der Waals surface area contributed by atoms with Crippen molar-refractivity contribution < 1.29 is 8.78 Å². The number of fused-ring (bicyclic) bond motifs is 2. The zero-order chi connectivity index (χ0) is 14.6. The number of nitrogens with one attached hydrogen (secondary N) is 1. The van der Waals surface area contributed by atoms with Crippen LogP contribution in [0.2, 0.25) is 0 Å². The molecule has 0 aliphatic heterocycles. The quantitative estimate of drug-likeness (QED) is 0.521. The molecule has 21 heavy (non-hydrogen) atoms. The topological polar surface area (TPSA) is 33.6 Å². The third kappa shape index (κ3) is 1.89. The van der Waals surface area contributed by atoms with Gasteiger partial charge in [-0.2, -0.15) is 0 Å². The van der Waals surface area contributed by atoms with Crippen LogP contribution in [-0.2, 0) is 0 Å². The van der Waals surface area contributed by atoms with E-state index in [1.165, 1.54) is 17.4 Å². The molecule has 0 aliphatic carbocycles. The van der Waals surface area contributed by atoms with Gasteiger partial charge in [0.2, 0.25) is 0 Å². The highest BCUT2D eigenvalue weighted by molar-refractivity contribution is 7.71. The fourth-order valence-corrected chi connectivity index (χ4v) is 3.39. The Morgan fingerprint density at radius 1 is 1.19 bits per heavy atom. The van der Waals surface area contributed by atoms with Crippen molar-refractivity contribution >= 4 is 44.8 Å². The molecule has 0 radical (unpaired) electrons. The van der Waals surface area contributed by atoms with Crippen LogP contribution in [0.15, 0.2) is 35.8 Å². The lowest BCUT2D eigenvalue weighted by atomic mass is 10.2. The van der Waals surface area contributed by atoms with Crippen molar-refractivity contribution in [2.75, 3.05) is 0 Å². The van der Waals surface area contributed by atoms with E-state index in [4.69, 9.17) is 12.2 Å². The minimum atomic E-state index is -0.659. The van der Waals surface area contributed by atoms with Crippen molar-refractivity contribution in [2.45, 2.75) is 0 Å². The maximum atomic E-state index is 13.8. The summed E-state index contributed by atoms with van der Waals surface area (Å²) in [6.45, 7) is 0. The molecule has 4 aromatic rings. The van der Waals surface area contributed by atoms with Gasteiger partial charge in [-0.3, -0.25) is 4.57 Å². The second kappa shape index (κ2) is 4.44. The fourth-order valence-electron chi connectivity index (χ4n) is 2.37. The summed E-state index contributed by atoms with van der Waals surface area (Å²) >= 11 is 6.75. The number of aromatic nitrogens is 3. The Morgan fingerprint density at radius 3 is 2.90 bits per heavy atom. The Labute approximate surface area is 126 Å². The first-order chi connectivity index (χ1) is 10.1. The number of imidazole rings is 1. The van der Waals surface area contributed by atoms with Gasteiger partial charge in [0.15, 0.2) is 10.6 Å². The summed E-state index contributed by atoms with van der Waals surface area (Å²) in [6, 6.07) is 7.69. The van der Waals surface area contributed by atoms with E-state index < -0.39 is 11.6 Å². The zero-order valence-corrected chi connectivity index (χ0v) is 12.1. The monoisotopic (exact) mass is 319 g/mol. The molecular formula is C14H7F2N3S2. The van der Waals surface area contributed by atoms with Gasteiger partial charge in [0.25, 0.3) is 0 Å². The molecule has 0 saturated heterocycles. The Kier molecular flexibility index (Phi) is 2.66. The van der Waals surface area contributed by atoms with Crippen LogP contribution in [0.25, 0.3) is 26.9 Å². The van der Waals surface area contributed by atoms with Crippen LogP contribution in [0, 0.1) is 16.4 Å². The SMILES string of the molecule is Fc1cc(F)c2[nH]c(=S)n(-c3ccc4ncsc4c3)c2c1. The Bertz CT molecular complexity index is 1050. The Morgan fingerprint density at radius 2 is 2.05 bits per heavy atom. The van der Waals surface area contributed by atoms with Gasteiger partial charge in [-0.15, -0.1) is 11.3 Å². The van der Waals surface area contributed by atoms with Crippen molar-refractivity contribution in [3.05, 3.63) is 52.2 Å². The van der Waals surface area contributed by atoms with Crippen LogP contribution in [-0.4, -0.2) is 14.5 Å². The summed E-state index contributed by atoms with van der Waals surface area (Å²) in [4.78, 5) is 7.00. The number of rotatable bonds is 1. The normalized spacial score (nSPS) is 11.5. The molecule has 2 aromatic carbocycles. The van der Waals surface area contributed by atoms with Crippen LogP contribution in [0.1, 0.15) is 0 Å². The van der Waals surface area contributed by atoms with Gasteiger partial charge >= 0.3 is 0 Å². The summed E-state index contributed by atoms with van der Waals surface area (Å²) < 4.78 is 30.2. The van der Waals surface area contributed by atoms with Gasteiger partial charge in [0, 0.05) is 17.8 Å². The molecule has 2 heterocycles. The first kappa shape index (κ1) is 12.6. The number of hydrogen-bond acceptors (Lipinski definition) is 3. The average Bonchev–Trinajstić information content (AvgIpc) is 3.01. The summed E-state index contributed by atoms with van der Waals surface area (Å²) in [6.07, 6.45) is 0. The lowest BCUT2D eigenvalue weighted by Gasteiger charge is -2.04.